The summed E-state index contributed by atoms with van der Waals surface area (Å²) < 4.78 is 0. The summed E-state index contributed by atoms with van der Waals surface area (Å²) in [5.41, 5.74) is 0.985. The van der Waals surface area contributed by atoms with Gasteiger partial charge in [0.25, 0.3) is 0 Å². The zero-order chi connectivity index (χ0) is 14.5. The van der Waals surface area contributed by atoms with Crippen LogP contribution in [-0.4, -0.2) is 35.5 Å². The first-order valence-electron chi connectivity index (χ1n) is 7.06. The minimum Gasteiger partial charge on any atom is -0.356 e. The molecule has 0 bridgehead atoms. The fourth-order valence-electron chi connectivity index (χ4n) is 2.55. The lowest BCUT2D eigenvalue weighted by atomic mass is 9.96. The molecule has 0 spiro atoms. The monoisotopic (exact) mass is 274 g/mol. The third-order valence-corrected chi connectivity index (χ3v) is 3.56. The second-order valence-electron chi connectivity index (χ2n) is 5.21. The highest BCUT2D eigenvalue weighted by molar-refractivity contribution is 5.79. The smallest absolute Gasteiger partial charge is 0.223 e. The number of carbonyl (C=O) groups is 1. The molecule has 1 aromatic rings. The molecule has 1 aliphatic heterocycles. The molecule has 0 aromatic carbocycles. The number of nitrogens with zero attached hydrogens (tertiary/aromatic N) is 3. The zero-order valence-electron chi connectivity index (χ0n) is 12.2. The van der Waals surface area contributed by atoms with E-state index in [4.69, 9.17) is 0 Å². The third-order valence-electron chi connectivity index (χ3n) is 3.56. The molecule has 2 heterocycles. The average molecular weight is 274 g/mol. The van der Waals surface area contributed by atoms with Crippen molar-refractivity contribution < 1.29 is 4.79 Å². The third kappa shape index (κ3) is 3.56. The van der Waals surface area contributed by atoms with Gasteiger partial charge in [-0.3, -0.25) is 4.79 Å². The van der Waals surface area contributed by atoms with E-state index in [0.29, 0.717) is 6.54 Å². The highest BCUT2D eigenvalue weighted by Crippen LogP contribution is 2.22. The number of aryl methyl sites for hydroxylation is 2. The van der Waals surface area contributed by atoms with Gasteiger partial charge in [0, 0.05) is 37.3 Å². The molecule has 1 N–H and O–H groups in total. The molecule has 0 unspecified atom stereocenters. The second kappa shape index (κ2) is 6.50. The number of hydrogen-bond donors (Lipinski definition) is 1. The van der Waals surface area contributed by atoms with Crippen LogP contribution in [0, 0.1) is 19.8 Å². The maximum absolute atomic E-state index is 11.9. The summed E-state index contributed by atoms with van der Waals surface area (Å²) in [5, 5.41) is 2.87. The van der Waals surface area contributed by atoms with Gasteiger partial charge in [-0.25, -0.2) is 9.97 Å². The Morgan fingerprint density at radius 2 is 2.15 bits per heavy atom. The molecule has 0 saturated carbocycles. The van der Waals surface area contributed by atoms with Gasteiger partial charge in [0.05, 0.1) is 0 Å². The molecule has 0 atom stereocenters. The van der Waals surface area contributed by atoms with E-state index in [0.717, 1.165) is 43.3 Å². The second-order valence-corrected chi connectivity index (χ2v) is 5.21. The molecule has 0 aliphatic carbocycles. The molecule has 5 nitrogen and oxygen atoms in total. The number of hydrogen-bond acceptors (Lipinski definition) is 4. The summed E-state index contributed by atoms with van der Waals surface area (Å²) in [4.78, 5) is 22.9. The van der Waals surface area contributed by atoms with Crippen LogP contribution in [0.5, 0.6) is 0 Å². The van der Waals surface area contributed by atoms with Crippen LogP contribution >= 0.6 is 0 Å². The first kappa shape index (κ1) is 14.5. The minimum atomic E-state index is 0.107. The van der Waals surface area contributed by atoms with Crippen LogP contribution in [0.25, 0.3) is 0 Å². The van der Waals surface area contributed by atoms with E-state index >= 15 is 0 Å². The Morgan fingerprint density at radius 3 is 2.75 bits per heavy atom. The van der Waals surface area contributed by atoms with Crippen LogP contribution in [0.15, 0.2) is 18.7 Å². The normalized spacial score (nSPS) is 16.0. The van der Waals surface area contributed by atoms with Crippen LogP contribution in [0.4, 0.5) is 5.82 Å². The molecule has 5 heteroatoms. The molecule has 20 heavy (non-hydrogen) atoms. The van der Waals surface area contributed by atoms with Gasteiger partial charge in [-0.15, -0.1) is 6.58 Å². The number of rotatable bonds is 4. The van der Waals surface area contributed by atoms with E-state index in [9.17, 15) is 4.79 Å². The summed E-state index contributed by atoms with van der Waals surface area (Å²) in [5.74, 6) is 2.01. The highest BCUT2D eigenvalue weighted by Gasteiger charge is 2.25. The lowest BCUT2D eigenvalue weighted by molar-refractivity contribution is -0.125. The summed E-state index contributed by atoms with van der Waals surface area (Å²) in [7, 11) is 0. The largest absolute Gasteiger partial charge is 0.356 e. The van der Waals surface area contributed by atoms with Gasteiger partial charge in [0.15, 0.2) is 0 Å². The van der Waals surface area contributed by atoms with E-state index in [1.165, 1.54) is 0 Å². The maximum atomic E-state index is 11.9. The first-order valence-corrected chi connectivity index (χ1v) is 7.06. The van der Waals surface area contributed by atoms with Gasteiger partial charge in [-0.05, 0) is 26.7 Å². The Morgan fingerprint density at radius 1 is 1.45 bits per heavy atom. The van der Waals surface area contributed by atoms with Gasteiger partial charge in [0.2, 0.25) is 5.91 Å². The van der Waals surface area contributed by atoms with Crippen molar-refractivity contribution in [1.29, 1.82) is 0 Å². The van der Waals surface area contributed by atoms with Crippen molar-refractivity contribution >= 4 is 11.7 Å². The quantitative estimate of drug-likeness (QED) is 0.848. The van der Waals surface area contributed by atoms with Crippen molar-refractivity contribution in [3.63, 3.8) is 0 Å². The van der Waals surface area contributed by atoms with Crippen LogP contribution in [0.2, 0.25) is 0 Å². The van der Waals surface area contributed by atoms with Gasteiger partial charge in [-0.2, -0.15) is 0 Å². The summed E-state index contributed by atoms with van der Waals surface area (Å²) in [6.07, 6.45) is 3.44. The Labute approximate surface area is 120 Å². The van der Waals surface area contributed by atoms with Crippen molar-refractivity contribution in [2.24, 2.45) is 5.92 Å². The Hall–Kier alpha value is -1.91. The Bertz CT molecular complexity index is 472. The van der Waals surface area contributed by atoms with E-state index in [-0.39, 0.29) is 11.8 Å². The maximum Gasteiger partial charge on any atom is 0.223 e. The average Bonchev–Trinajstić information content (AvgIpc) is 2.44. The van der Waals surface area contributed by atoms with Gasteiger partial charge in [-0.1, -0.05) is 6.08 Å². The lowest BCUT2D eigenvalue weighted by Crippen LogP contribution is -2.41. The number of nitrogens with one attached hydrogen (secondary N) is 1. The first-order chi connectivity index (χ1) is 9.60. The summed E-state index contributed by atoms with van der Waals surface area (Å²) in [6.45, 7) is 9.77. The summed E-state index contributed by atoms with van der Waals surface area (Å²) in [6, 6.07) is 2.01. The predicted molar refractivity (Wildman–Crippen MR) is 79.6 cm³/mol. The predicted octanol–water partition coefficient (Wildman–Crippen LogP) is 1.61. The van der Waals surface area contributed by atoms with E-state index < -0.39 is 0 Å². The van der Waals surface area contributed by atoms with Crippen molar-refractivity contribution in [2.45, 2.75) is 26.7 Å². The number of aromatic nitrogens is 2. The lowest BCUT2D eigenvalue weighted by Gasteiger charge is -2.32. The minimum absolute atomic E-state index is 0.107. The molecular formula is C15H22N4O. The van der Waals surface area contributed by atoms with Crippen molar-refractivity contribution in [2.75, 3.05) is 24.5 Å². The zero-order valence-corrected chi connectivity index (χ0v) is 12.2. The Kier molecular flexibility index (Phi) is 4.71. The molecule has 0 radical (unpaired) electrons. The standard InChI is InChI=1S/C15H22N4O/c1-4-7-16-15(20)13-5-8-19(9-6-13)14-10-11(2)17-12(3)18-14/h4,10,13H,1,5-9H2,2-3H3,(H,16,20). The van der Waals surface area contributed by atoms with Crippen LogP contribution in [-0.2, 0) is 4.79 Å². The van der Waals surface area contributed by atoms with Crippen molar-refractivity contribution in [3.05, 3.63) is 30.2 Å². The molecular weight excluding hydrogens is 252 g/mol. The van der Waals surface area contributed by atoms with Crippen LogP contribution < -0.4 is 10.2 Å². The fraction of sp³-hybridized carbons (Fsp3) is 0.533. The molecule has 1 aliphatic rings. The van der Waals surface area contributed by atoms with Crippen LogP contribution in [0.3, 0.4) is 0 Å². The number of piperidine rings is 1. The highest BCUT2D eigenvalue weighted by atomic mass is 16.1. The number of carbonyl (C=O) groups excluding carboxylic acids is 1. The molecule has 2 rings (SSSR count). The number of amides is 1. The van der Waals surface area contributed by atoms with Gasteiger partial charge >= 0.3 is 0 Å². The van der Waals surface area contributed by atoms with E-state index in [1.807, 2.05) is 19.9 Å². The molecule has 1 fully saturated rings. The molecule has 1 amide bonds. The van der Waals surface area contributed by atoms with E-state index in [1.54, 1.807) is 6.08 Å². The molecule has 1 aromatic heterocycles. The van der Waals surface area contributed by atoms with Gasteiger partial charge < -0.3 is 10.2 Å². The van der Waals surface area contributed by atoms with Crippen LogP contribution in [0.1, 0.15) is 24.4 Å². The van der Waals surface area contributed by atoms with Gasteiger partial charge in [0.1, 0.15) is 11.6 Å². The summed E-state index contributed by atoms with van der Waals surface area (Å²) >= 11 is 0. The van der Waals surface area contributed by atoms with E-state index in [2.05, 4.69) is 26.8 Å². The topological polar surface area (TPSA) is 58.1 Å². The Balaban J connectivity index is 1.93. The molecule has 1 saturated heterocycles. The van der Waals surface area contributed by atoms with Crippen molar-refractivity contribution in [3.8, 4) is 0 Å². The fourth-order valence-corrected chi connectivity index (χ4v) is 2.55. The molecule has 108 valence electrons. The SMILES string of the molecule is C=CCNC(=O)C1CCN(c2cc(C)nc(C)n2)CC1. The van der Waals surface area contributed by atoms with Crippen molar-refractivity contribution in [1.82, 2.24) is 15.3 Å². The number of anilines is 1.